The summed E-state index contributed by atoms with van der Waals surface area (Å²) < 4.78 is 11.6. The van der Waals surface area contributed by atoms with Crippen molar-refractivity contribution < 1.29 is 14.4 Å². The summed E-state index contributed by atoms with van der Waals surface area (Å²) in [4.78, 5) is 10.4. The zero-order chi connectivity index (χ0) is 24.1. The Bertz CT molecular complexity index is 1080. The van der Waals surface area contributed by atoms with Gasteiger partial charge in [0, 0.05) is 35.3 Å². The Kier molecular flexibility index (Phi) is 5.80. The average molecular weight is 485 g/mol. The first-order valence-corrected chi connectivity index (χ1v) is 12.5. The van der Waals surface area contributed by atoms with Crippen molar-refractivity contribution in [2.45, 2.75) is 71.1 Å². The third-order valence-corrected chi connectivity index (χ3v) is 8.51. The topological polar surface area (TPSA) is 73.6 Å². The average Bonchev–Trinajstić information content (AvgIpc) is 2.74. The molecular formula is C27H33ClN2O4. The van der Waals surface area contributed by atoms with Crippen molar-refractivity contribution in [3.8, 4) is 11.5 Å². The molecule has 2 aromatic rings. The minimum Gasteiger partial charge on any atom is -0.493 e. The van der Waals surface area contributed by atoms with Crippen LogP contribution in [0, 0.1) is 26.9 Å². The van der Waals surface area contributed by atoms with Crippen LogP contribution in [0.1, 0.15) is 63.5 Å². The second-order valence-corrected chi connectivity index (χ2v) is 12.0. The second-order valence-electron chi connectivity index (χ2n) is 11.6. The summed E-state index contributed by atoms with van der Waals surface area (Å²) in [5.41, 5.74) is 3.01. The molecule has 4 bridgehead atoms. The molecule has 4 saturated carbocycles. The van der Waals surface area contributed by atoms with Gasteiger partial charge in [-0.3, -0.25) is 10.1 Å². The summed E-state index contributed by atoms with van der Waals surface area (Å²) in [5, 5.41) is 15.4. The van der Waals surface area contributed by atoms with E-state index in [1.807, 2.05) is 12.1 Å². The van der Waals surface area contributed by atoms with Gasteiger partial charge < -0.3 is 14.8 Å². The van der Waals surface area contributed by atoms with Crippen molar-refractivity contribution in [2.75, 3.05) is 7.11 Å². The van der Waals surface area contributed by atoms with Gasteiger partial charge in [-0.2, -0.15) is 0 Å². The van der Waals surface area contributed by atoms with E-state index in [9.17, 15) is 10.1 Å². The van der Waals surface area contributed by atoms with Crippen molar-refractivity contribution in [1.29, 1.82) is 0 Å². The van der Waals surface area contributed by atoms with Crippen molar-refractivity contribution in [2.24, 2.45) is 16.7 Å². The number of nitrogens with one attached hydrogen (secondary N) is 1. The number of methoxy groups -OCH3 is 1. The lowest BCUT2D eigenvalue weighted by Gasteiger charge is -2.65. The first kappa shape index (κ1) is 23.4. The van der Waals surface area contributed by atoms with Gasteiger partial charge >= 0.3 is 0 Å². The van der Waals surface area contributed by atoms with Crippen molar-refractivity contribution in [3.63, 3.8) is 0 Å². The minimum atomic E-state index is -0.412. The van der Waals surface area contributed by atoms with Gasteiger partial charge in [0.15, 0.2) is 11.5 Å². The fraction of sp³-hybridized carbons (Fsp3) is 0.556. The van der Waals surface area contributed by atoms with Crippen LogP contribution in [0.4, 0.5) is 5.69 Å². The fourth-order valence-corrected chi connectivity index (χ4v) is 8.01. The van der Waals surface area contributed by atoms with Gasteiger partial charge in [0.2, 0.25) is 0 Å². The summed E-state index contributed by atoms with van der Waals surface area (Å²) >= 11 is 6.69. The Balaban J connectivity index is 1.28. The predicted octanol–water partition coefficient (Wildman–Crippen LogP) is 6.67. The van der Waals surface area contributed by atoms with E-state index in [-0.39, 0.29) is 17.8 Å². The van der Waals surface area contributed by atoms with Gasteiger partial charge in [0.1, 0.15) is 6.61 Å². The van der Waals surface area contributed by atoms with Crippen LogP contribution in [0.2, 0.25) is 5.02 Å². The highest BCUT2D eigenvalue weighted by atomic mass is 35.5. The third kappa shape index (κ3) is 4.50. The summed E-state index contributed by atoms with van der Waals surface area (Å²) in [6, 6.07) is 10.1. The fourth-order valence-electron chi connectivity index (χ4n) is 7.79. The Hall–Kier alpha value is -2.31. The normalized spacial score (nSPS) is 31.5. The third-order valence-electron chi connectivity index (χ3n) is 8.15. The smallest absolute Gasteiger partial charge is 0.269 e. The van der Waals surface area contributed by atoms with Crippen LogP contribution in [0.15, 0.2) is 36.4 Å². The lowest BCUT2D eigenvalue weighted by molar-refractivity contribution is -0.384. The zero-order valence-corrected chi connectivity index (χ0v) is 20.9. The van der Waals surface area contributed by atoms with E-state index in [0.29, 0.717) is 33.9 Å². The summed E-state index contributed by atoms with van der Waals surface area (Å²) in [7, 11) is 1.62. The van der Waals surface area contributed by atoms with E-state index in [0.717, 1.165) is 17.0 Å². The highest BCUT2D eigenvalue weighted by Crippen LogP contribution is 2.66. The van der Waals surface area contributed by atoms with Gasteiger partial charge in [-0.05, 0) is 84.6 Å². The molecule has 0 aliphatic heterocycles. The Morgan fingerprint density at radius 2 is 1.74 bits per heavy atom. The molecule has 2 aromatic carbocycles. The number of nitro benzene ring substituents is 1. The number of hydrogen-bond donors (Lipinski definition) is 1. The lowest BCUT2D eigenvalue weighted by Crippen LogP contribution is -2.63. The van der Waals surface area contributed by atoms with E-state index in [4.69, 9.17) is 21.1 Å². The van der Waals surface area contributed by atoms with Gasteiger partial charge in [0.25, 0.3) is 5.69 Å². The van der Waals surface area contributed by atoms with Crippen LogP contribution in [0.25, 0.3) is 0 Å². The van der Waals surface area contributed by atoms with Crippen molar-refractivity contribution in [3.05, 3.63) is 62.7 Å². The minimum absolute atomic E-state index is 0.0586. The van der Waals surface area contributed by atoms with Crippen LogP contribution in [-0.4, -0.2) is 17.6 Å². The molecule has 0 aromatic heterocycles. The Labute approximate surface area is 206 Å². The molecule has 0 radical (unpaired) electrons. The molecule has 0 amide bonds. The van der Waals surface area contributed by atoms with Crippen molar-refractivity contribution in [1.82, 2.24) is 5.32 Å². The molecule has 7 heteroatoms. The number of nitro groups is 1. The zero-order valence-electron chi connectivity index (χ0n) is 20.2. The molecule has 2 unspecified atom stereocenters. The summed E-state index contributed by atoms with van der Waals surface area (Å²) in [6.07, 6.45) is 7.87. The van der Waals surface area contributed by atoms with Crippen LogP contribution < -0.4 is 14.8 Å². The number of nitrogens with zero attached hydrogens (tertiary/aromatic N) is 1. The van der Waals surface area contributed by atoms with Gasteiger partial charge in [0.05, 0.1) is 12.0 Å². The van der Waals surface area contributed by atoms with Crippen molar-refractivity contribution >= 4 is 17.3 Å². The second kappa shape index (κ2) is 8.42. The maximum absolute atomic E-state index is 10.8. The molecule has 4 aliphatic carbocycles. The van der Waals surface area contributed by atoms with Crippen LogP contribution in [-0.2, 0) is 13.2 Å². The number of ether oxygens (including phenoxy) is 2. The molecule has 0 saturated heterocycles. The molecule has 182 valence electrons. The summed E-state index contributed by atoms with van der Waals surface area (Å²) in [5.74, 6) is 2.02. The molecule has 0 spiro atoms. The largest absolute Gasteiger partial charge is 0.493 e. The first-order valence-electron chi connectivity index (χ1n) is 12.1. The van der Waals surface area contributed by atoms with Gasteiger partial charge in [-0.25, -0.2) is 0 Å². The molecule has 4 aliphatic rings. The number of halogens is 1. The first-order chi connectivity index (χ1) is 16.1. The van der Waals surface area contributed by atoms with Crippen LogP contribution in [0.5, 0.6) is 11.5 Å². The molecule has 1 N–H and O–H groups in total. The molecular weight excluding hydrogens is 452 g/mol. The number of hydrogen-bond acceptors (Lipinski definition) is 5. The van der Waals surface area contributed by atoms with E-state index in [2.05, 4.69) is 19.2 Å². The molecule has 6 rings (SSSR count). The molecule has 0 heterocycles. The number of rotatable bonds is 8. The van der Waals surface area contributed by atoms with Crippen LogP contribution in [0.3, 0.4) is 0 Å². The maximum atomic E-state index is 10.8. The van der Waals surface area contributed by atoms with Crippen LogP contribution >= 0.6 is 11.6 Å². The highest BCUT2D eigenvalue weighted by molar-refractivity contribution is 6.31. The molecule has 6 nitrogen and oxygen atoms in total. The number of benzene rings is 2. The van der Waals surface area contributed by atoms with Gasteiger partial charge in [-0.1, -0.05) is 25.4 Å². The Morgan fingerprint density at radius 3 is 2.32 bits per heavy atom. The van der Waals surface area contributed by atoms with E-state index < -0.39 is 4.92 Å². The molecule has 2 atom stereocenters. The predicted molar refractivity (Wildman–Crippen MR) is 132 cm³/mol. The molecule has 34 heavy (non-hydrogen) atoms. The van der Waals surface area contributed by atoms with E-state index in [1.165, 1.54) is 50.7 Å². The lowest BCUT2D eigenvalue weighted by atomic mass is 9.43. The maximum Gasteiger partial charge on any atom is 0.269 e. The quantitative estimate of drug-likeness (QED) is 0.334. The standard InChI is InChI=1S/C27H33ClN2O4/c1-25-10-19-11-26(2,15-25)17-27(12-19,16-25)29-13-20-8-23(33-3)24(9-22(20)28)34-14-18-4-6-21(7-5-18)30(31)32/h4-9,19,29H,10-17H2,1-3H3. The van der Waals surface area contributed by atoms with Gasteiger partial charge in [-0.15, -0.1) is 0 Å². The summed E-state index contributed by atoms with van der Waals surface area (Å²) in [6.45, 7) is 5.94. The van der Waals surface area contributed by atoms with E-state index >= 15 is 0 Å². The Morgan fingerprint density at radius 1 is 1.06 bits per heavy atom. The highest BCUT2D eigenvalue weighted by Gasteiger charge is 2.59. The monoisotopic (exact) mass is 484 g/mol. The SMILES string of the molecule is COc1cc(CNC23CC4CC(C)(CC(C)(C4)C2)C3)c(Cl)cc1OCc1ccc([N+](=O)[O-])cc1. The van der Waals surface area contributed by atoms with E-state index in [1.54, 1.807) is 19.2 Å². The molecule has 4 fully saturated rings. The number of non-ortho nitro benzene ring substituents is 1.